The predicted molar refractivity (Wildman–Crippen MR) is 47.1 cm³/mol. The zero-order valence-electron chi connectivity index (χ0n) is 7.23. The van der Waals surface area contributed by atoms with Gasteiger partial charge in [0.05, 0.1) is 5.56 Å². The van der Waals surface area contributed by atoms with E-state index in [2.05, 4.69) is 4.18 Å². The highest BCUT2D eigenvalue weighted by atomic mass is 32.3. The number of para-hydroxylation sites is 1. The standard InChI is InChI=1S/C8H7FO4S/c1-6(10)7-4-2-3-5-8(7)13-14(9,11)12/h2-5H,1H3. The van der Waals surface area contributed by atoms with E-state index in [-0.39, 0.29) is 11.3 Å². The van der Waals surface area contributed by atoms with Gasteiger partial charge in [0.25, 0.3) is 0 Å². The number of Topliss-reactive ketones (excluding diaryl/α,β-unsaturated/α-hetero) is 1. The molecule has 0 aromatic heterocycles. The molecule has 0 aliphatic rings. The summed E-state index contributed by atoms with van der Waals surface area (Å²) in [5.74, 6) is -0.702. The number of hydrogen-bond acceptors (Lipinski definition) is 4. The highest BCUT2D eigenvalue weighted by Crippen LogP contribution is 2.20. The summed E-state index contributed by atoms with van der Waals surface area (Å²) in [6, 6.07) is 5.51. The predicted octanol–water partition coefficient (Wildman–Crippen LogP) is 1.48. The molecule has 0 unspecified atom stereocenters. The van der Waals surface area contributed by atoms with E-state index in [1.165, 1.54) is 31.2 Å². The van der Waals surface area contributed by atoms with Crippen molar-refractivity contribution in [3.05, 3.63) is 29.8 Å². The van der Waals surface area contributed by atoms with E-state index in [0.29, 0.717) is 0 Å². The number of carbonyl (C=O) groups excluding carboxylic acids is 1. The molecule has 1 rings (SSSR count). The minimum Gasteiger partial charge on any atom is -0.358 e. The molecule has 0 saturated heterocycles. The second kappa shape index (κ2) is 3.75. The Labute approximate surface area is 80.7 Å². The molecular weight excluding hydrogens is 211 g/mol. The quantitative estimate of drug-likeness (QED) is 0.569. The Morgan fingerprint density at radius 3 is 2.43 bits per heavy atom. The molecule has 0 radical (unpaired) electrons. The van der Waals surface area contributed by atoms with E-state index in [9.17, 15) is 17.1 Å². The lowest BCUT2D eigenvalue weighted by Crippen LogP contribution is -2.05. The van der Waals surface area contributed by atoms with Crippen molar-refractivity contribution in [2.45, 2.75) is 6.92 Å². The zero-order valence-corrected chi connectivity index (χ0v) is 8.05. The largest absolute Gasteiger partial charge is 0.488 e. The monoisotopic (exact) mass is 218 g/mol. The van der Waals surface area contributed by atoms with Gasteiger partial charge in [-0.15, -0.1) is 0 Å². The van der Waals surface area contributed by atoms with Gasteiger partial charge in [-0.3, -0.25) is 4.79 Å². The minimum absolute atomic E-state index is 0.0220. The van der Waals surface area contributed by atoms with Crippen molar-refractivity contribution >= 4 is 16.3 Å². The van der Waals surface area contributed by atoms with Crippen LogP contribution in [0, 0.1) is 0 Å². The molecule has 0 saturated carbocycles. The Morgan fingerprint density at radius 2 is 1.93 bits per heavy atom. The van der Waals surface area contributed by atoms with Gasteiger partial charge in [-0.1, -0.05) is 16.0 Å². The molecule has 0 atom stereocenters. The van der Waals surface area contributed by atoms with Gasteiger partial charge in [0.15, 0.2) is 11.5 Å². The summed E-state index contributed by atoms with van der Waals surface area (Å²) >= 11 is 0. The van der Waals surface area contributed by atoms with Crippen molar-refractivity contribution in [3.63, 3.8) is 0 Å². The van der Waals surface area contributed by atoms with Gasteiger partial charge in [-0.25, -0.2) is 0 Å². The Balaban J connectivity index is 3.15. The number of hydrogen-bond donors (Lipinski definition) is 0. The van der Waals surface area contributed by atoms with Gasteiger partial charge in [0.2, 0.25) is 0 Å². The molecule has 76 valence electrons. The summed E-state index contributed by atoms with van der Waals surface area (Å²) in [6.07, 6.45) is 0. The van der Waals surface area contributed by atoms with Crippen molar-refractivity contribution in [2.75, 3.05) is 0 Å². The SMILES string of the molecule is CC(=O)c1ccccc1OS(=O)(=O)F. The van der Waals surface area contributed by atoms with Gasteiger partial charge in [-0.05, 0) is 19.1 Å². The van der Waals surface area contributed by atoms with Crippen LogP contribution in [0.25, 0.3) is 0 Å². The van der Waals surface area contributed by atoms with Crippen molar-refractivity contribution in [3.8, 4) is 5.75 Å². The second-order valence-electron chi connectivity index (χ2n) is 2.53. The third-order valence-electron chi connectivity index (χ3n) is 1.46. The van der Waals surface area contributed by atoms with Crippen LogP contribution in [0.4, 0.5) is 3.89 Å². The first-order valence-electron chi connectivity index (χ1n) is 3.64. The van der Waals surface area contributed by atoms with E-state index in [0.717, 1.165) is 0 Å². The van der Waals surface area contributed by atoms with Gasteiger partial charge in [0.1, 0.15) is 0 Å². The molecule has 4 nitrogen and oxygen atoms in total. The van der Waals surface area contributed by atoms with Gasteiger partial charge in [0, 0.05) is 0 Å². The lowest BCUT2D eigenvalue weighted by Gasteiger charge is -2.03. The molecule has 0 N–H and O–H groups in total. The summed E-state index contributed by atoms with van der Waals surface area (Å²) in [4.78, 5) is 11.0. The fourth-order valence-electron chi connectivity index (χ4n) is 0.937. The molecule has 1 aromatic carbocycles. The van der Waals surface area contributed by atoms with Crippen LogP contribution in [0.3, 0.4) is 0 Å². The van der Waals surface area contributed by atoms with Crippen LogP contribution in [0.15, 0.2) is 24.3 Å². The Morgan fingerprint density at radius 1 is 1.36 bits per heavy atom. The van der Waals surface area contributed by atoms with E-state index >= 15 is 0 Å². The molecular formula is C8H7FO4S. The molecule has 0 heterocycles. The molecule has 0 spiro atoms. The second-order valence-corrected chi connectivity index (χ2v) is 3.48. The van der Waals surface area contributed by atoms with Crippen molar-refractivity contribution in [1.29, 1.82) is 0 Å². The normalized spacial score (nSPS) is 11.0. The molecule has 0 aliphatic heterocycles. The van der Waals surface area contributed by atoms with Crippen LogP contribution in [0.2, 0.25) is 0 Å². The number of carbonyl (C=O) groups is 1. The maximum Gasteiger partial charge on any atom is 0.488 e. The highest BCUT2D eigenvalue weighted by Gasteiger charge is 2.14. The Bertz CT molecular complexity index is 452. The maximum absolute atomic E-state index is 12.2. The summed E-state index contributed by atoms with van der Waals surface area (Å²) in [7, 11) is -5.09. The summed E-state index contributed by atoms with van der Waals surface area (Å²) in [6.45, 7) is 1.23. The van der Waals surface area contributed by atoms with Crippen LogP contribution >= 0.6 is 0 Å². The molecule has 0 fully saturated rings. The minimum atomic E-state index is -5.09. The van der Waals surface area contributed by atoms with Crippen LogP contribution in [0.1, 0.15) is 17.3 Å². The first-order valence-corrected chi connectivity index (χ1v) is 4.95. The molecule has 1 aromatic rings. The van der Waals surface area contributed by atoms with Crippen molar-refractivity contribution < 1.29 is 21.3 Å². The van der Waals surface area contributed by atoms with Crippen LogP contribution in [0.5, 0.6) is 5.75 Å². The molecule has 0 aliphatic carbocycles. The summed E-state index contributed by atoms with van der Waals surface area (Å²) in [5.41, 5.74) is 0.0220. The summed E-state index contributed by atoms with van der Waals surface area (Å²) in [5, 5.41) is 0. The highest BCUT2D eigenvalue weighted by molar-refractivity contribution is 7.81. The number of benzene rings is 1. The zero-order chi connectivity index (χ0) is 10.8. The van der Waals surface area contributed by atoms with Gasteiger partial charge < -0.3 is 4.18 Å². The third-order valence-corrected chi connectivity index (χ3v) is 1.83. The molecule has 14 heavy (non-hydrogen) atoms. The molecule has 0 bridgehead atoms. The Kier molecular flexibility index (Phi) is 2.85. The van der Waals surface area contributed by atoms with Crippen molar-refractivity contribution in [1.82, 2.24) is 0 Å². The first-order chi connectivity index (χ1) is 6.40. The maximum atomic E-state index is 12.2. The van der Waals surface area contributed by atoms with Crippen molar-refractivity contribution in [2.24, 2.45) is 0 Å². The third kappa shape index (κ3) is 2.81. The van der Waals surface area contributed by atoms with Crippen LogP contribution < -0.4 is 4.18 Å². The number of rotatable bonds is 3. The smallest absolute Gasteiger partial charge is 0.358 e. The number of halogens is 1. The average Bonchev–Trinajstić information content (AvgIpc) is 2.01. The number of ketones is 1. The Hall–Kier alpha value is -1.43. The van der Waals surface area contributed by atoms with E-state index < -0.39 is 16.3 Å². The van der Waals surface area contributed by atoms with E-state index in [1.807, 2.05) is 0 Å². The van der Waals surface area contributed by atoms with Gasteiger partial charge in [-0.2, -0.15) is 8.42 Å². The van der Waals surface area contributed by atoms with E-state index in [4.69, 9.17) is 0 Å². The lowest BCUT2D eigenvalue weighted by atomic mass is 10.1. The fraction of sp³-hybridized carbons (Fsp3) is 0.125. The molecule has 6 heteroatoms. The first kappa shape index (κ1) is 10.6. The van der Waals surface area contributed by atoms with Gasteiger partial charge >= 0.3 is 10.5 Å². The van der Waals surface area contributed by atoms with Crippen LogP contribution in [-0.4, -0.2) is 14.2 Å². The fourth-order valence-corrected chi connectivity index (χ4v) is 1.30. The van der Waals surface area contributed by atoms with Crippen LogP contribution in [-0.2, 0) is 10.5 Å². The summed E-state index contributed by atoms with van der Waals surface area (Å²) < 4.78 is 36.5. The topological polar surface area (TPSA) is 60.4 Å². The molecule has 0 amide bonds. The lowest BCUT2D eigenvalue weighted by molar-refractivity contribution is 0.101. The van der Waals surface area contributed by atoms with E-state index in [1.54, 1.807) is 0 Å². The average molecular weight is 218 g/mol.